The Kier molecular flexibility index (Phi) is 66.2. The minimum absolute atomic E-state index is 0.0764. The number of rotatable bonds is 70. The van der Waals surface area contributed by atoms with Crippen molar-refractivity contribution in [3.05, 3.63) is 60.8 Å². The minimum Gasteiger partial charge on any atom is -0.391 e. The van der Waals surface area contributed by atoms with Crippen molar-refractivity contribution in [2.75, 3.05) is 40.9 Å². The normalized spacial score (nSPS) is 13.9. The highest BCUT2D eigenvalue weighted by Gasteiger charge is 2.28. The molecule has 1 amide bonds. The first kappa shape index (κ1) is 84.2. The molecule has 0 saturated heterocycles. The number of phosphoric acid groups is 1. The van der Waals surface area contributed by atoms with Gasteiger partial charge in [0.05, 0.1) is 39.9 Å². The second-order valence-corrected chi connectivity index (χ2v) is 28.5. The molecule has 0 spiro atoms. The van der Waals surface area contributed by atoms with Gasteiger partial charge in [-0.3, -0.25) is 13.8 Å². The molecule has 3 N–H and O–H groups in total. The lowest BCUT2D eigenvalue weighted by molar-refractivity contribution is -0.870. The summed E-state index contributed by atoms with van der Waals surface area (Å²) in [6.45, 7) is 4.83. The number of aliphatic hydroxyl groups excluding tert-OH is 1. The fraction of sp³-hybridized carbons (Fsp3) is 0.857. The Morgan fingerprint density at radius 3 is 1.02 bits per heavy atom. The minimum atomic E-state index is -4.33. The molecular weight excluding hydrogens is 1080 g/mol. The van der Waals surface area contributed by atoms with Crippen LogP contribution < -0.4 is 5.32 Å². The van der Waals surface area contributed by atoms with E-state index in [4.69, 9.17) is 9.05 Å². The predicted octanol–water partition coefficient (Wildman–Crippen LogP) is 24.3. The molecular formula is C77H148N2O6P+. The molecule has 0 aromatic heterocycles. The summed E-state index contributed by atoms with van der Waals surface area (Å²) in [6.07, 6.45) is 93.5. The number of nitrogens with one attached hydrogen (secondary N) is 1. The number of unbranched alkanes of at least 4 members (excludes halogenated alkanes) is 47. The van der Waals surface area contributed by atoms with Crippen LogP contribution in [0.2, 0.25) is 0 Å². The first-order valence-corrected chi connectivity index (χ1v) is 39.1. The van der Waals surface area contributed by atoms with Crippen LogP contribution in [-0.2, 0) is 18.4 Å². The smallest absolute Gasteiger partial charge is 0.391 e. The number of hydrogen-bond acceptors (Lipinski definition) is 5. The number of carbonyl (C=O) groups is 1. The Hall–Kier alpha value is -1.80. The molecule has 86 heavy (non-hydrogen) atoms. The summed E-state index contributed by atoms with van der Waals surface area (Å²) in [5, 5.41) is 14.2. The van der Waals surface area contributed by atoms with Gasteiger partial charge in [0, 0.05) is 6.42 Å². The van der Waals surface area contributed by atoms with Crippen LogP contribution in [0, 0.1) is 0 Å². The molecule has 506 valence electrons. The van der Waals surface area contributed by atoms with Crippen LogP contribution in [0.5, 0.6) is 0 Å². The monoisotopic (exact) mass is 1230 g/mol. The number of amides is 1. The molecule has 0 aliphatic carbocycles. The lowest BCUT2D eigenvalue weighted by Crippen LogP contribution is -2.46. The molecule has 0 aliphatic heterocycles. The Bertz CT molecular complexity index is 1590. The van der Waals surface area contributed by atoms with Gasteiger partial charge in [-0.05, 0) is 57.8 Å². The molecule has 0 rings (SSSR count). The van der Waals surface area contributed by atoms with Crippen molar-refractivity contribution >= 4 is 13.7 Å². The van der Waals surface area contributed by atoms with E-state index in [1.165, 1.54) is 276 Å². The Morgan fingerprint density at radius 2 is 0.698 bits per heavy atom. The second-order valence-electron chi connectivity index (χ2n) is 27.0. The third-order valence-electron chi connectivity index (χ3n) is 17.3. The number of nitrogens with zero attached hydrogens (tertiary/aromatic N) is 1. The lowest BCUT2D eigenvalue weighted by atomic mass is 10.0. The SMILES string of the molecule is CC/C=C\C/C=C\C/C=C\C/C=C\C/C=C\CCCCCCCCCCCCCCCCCCCCCCCCCC(=O)NC(COP(=O)(O)OCC[N+](C)(C)C)C(O)CCCCCCCCCCCCCCCCCCCCCCCCCCC. The van der Waals surface area contributed by atoms with Gasteiger partial charge in [0.1, 0.15) is 13.2 Å². The number of carbonyl (C=O) groups excluding carboxylic acids is 1. The first-order valence-electron chi connectivity index (χ1n) is 37.7. The van der Waals surface area contributed by atoms with Crippen molar-refractivity contribution in [2.45, 2.75) is 386 Å². The zero-order chi connectivity index (χ0) is 62.6. The molecule has 0 fully saturated rings. The lowest BCUT2D eigenvalue weighted by Gasteiger charge is -2.26. The Labute approximate surface area is 536 Å². The van der Waals surface area contributed by atoms with Crippen LogP contribution in [-0.4, -0.2) is 73.4 Å². The molecule has 0 saturated carbocycles. The summed E-state index contributed by atoms with van der Waals surface area (Å²) in [7, 11) is 1.63. The van der Waals surface area contributed by atoms with Gasteiger partial charge >= 0.3 is 7.82 Å². The molecule has 0 aromatic rings. The zero-order valence-corrected chi connectivity index (χ0v) is 59.0. The molecule has 0 bridgehead atoms. The van der Waals surface area contributed by atoms with Crippen molar-refractivity contribution in [2.24, 2.45) is 0 Å². The average Bonchev–Trinajstić information content (AvgIpc) is 3.70. The highest BCUT2D eigenvalue weighted by atomic mass is 31.2. The topological polar surface area (TPSA) is 105 Å². The third kappa shape index (κ3) is 69.7. The number of phosphoric ester groups is 1. The van der Waals surface area contributed by atoms with Gasteiger partial charge in [-0.1, -0.05) is 370 Å². The molecule has 0 heterocycles. The van der Waals surface area contributed by atoms with Gasteiger partial charge in [0.25, 0.3) is 0 Å². The molecule has 8 nitrogen and oxygen atoms in total. The van der Waals surface area contributed by atoms with Crippen LogP contribution in [0.1, 0.15) is 373 Å². The van der Waals surface area contributed by atoms with Crippen molar-refractivity contribution in [1.29, 1.82) is 0 Å². The van der Waals surface area contributed by atoms with E-state index in [1.54, 1.807) is 0 Å². The number of hydrogen-bond donors (Lipinski definition) is 3. The number of quaternary nitrogens is 1. The van der Waals surface area contributed by atoms with Crippen molar-refractivity contribution in [3.63, 3.8) is 0 Å². The van der Waals surface area contributed by atoms with Gasteiger partial charge in [-0.15, -0.1) is 0 Å². The molecule has 0 radical (unpaired) electrons. The maximum absolute atomic E-state index is 13.1. The van der Waals surface area contributed by atoms with Crippen molar-refractivity contribution in [1.82, 2.24) is 5.32 Å². The Balaban J connectivity index is 3.93. The molecule has 0 aliphatic rings. The Morgan fingerprint density at radius 1 is 0.407 bits per heavy atom. The fourth-order valence-electron chi connectivity index (χ4n) is 11.5. The largest absolute Gasteiger partial charge is 0.472 e. The van der Waals surface area contributed by atoms with Gasteiger partial charge in [-0.25, -0.2) is 4.57 Å². The van der Waals surface area contributed by atoms with E-state index in [9.17, 15) is 19.4 Å². The third-order valence-corrected chi connectivity index (χ3v) is 18.3. The van der Waals surface area contributed by atoms with Crippen LogP contribution in [0.25, 0.3) is 0 Å². The number of allylic oxidation sites excluding steroid dienone is 10. The van der Waals surface area contributed by atoms with E-state index in [-0.39, 0.29) is 19.1 Å². The summed E-state index contributed by atoms with van der Waals surface area (Å²) < 4.78 is 23.9. The van der Waals surface area contributed by atoms with Gasteiger partial charge in [0.15, 0.2) is 0 Å². The quantitative estimate of drug-likeness (QED) is 0.0243. The number of aliphatic hydroxyl groups is 1. The second kappa shape index (κ2) is 67.6. The summed E-state index contributed by atoms with van der Waals surface area (Å²) >= 11 is 0. The maximum Gasteiger partial charge on any atom is 0.472 e. The molecule has 9 heteroatoms. The maximum atomic E-state index is 13.1. The van der Waals surface area contributed by atoms with Crippen LogP contribution >= 0.6 is 7.82 Å². The van der Waals surface area contributed by atoms with Gasteiger partial charge in [-0.2, -0.15) is 0 Å². The highest BCUT2D eigenvalue weighted by molar-refractivity contribution is 7.47. The van der Waals surface area contributed by atoms with E-state index in [0.717, 1.165) is 70.6 Å². The molecule has 0 aromatic carbocycles. The summed E-state index contributed by atoms with van der Waals surface area (Å²) in [5.74, 6) is -0.136. The number of likely N-dealkylation sites (N-methyl/N-ethyl adjacent to an activating group) is 1. The summed E-state index contributed by atoms with van der Waals surface area (Å²) in [6, 6.07) is -0.762. The summed E-state index contributed by atoms with van der Waals surface area (Å²) in [4.78, 5) is 23.5. The predicted molar refractivity (Wildman–Crippen MR) is 378 cm³/mol. The van der Waals surface area contributed by atoms with Gasteiger partial charge < -0.3 is 19.8 Å². The van der Waals surface area contributed by atoms with E-state index >= 15 is 0 Å². The zero-order valence-electron chi connectivity index (χ0n) is 58.1. The fourth-order valence-corrected chi connectivity index (χ4v) is 12.2. The standard InChI is InChI=1S/C77H147N2O6P/c1-6-8-10-12-14-16-18-20-22-24-26-28-30-32-33-34-35-36-37-38-39-40-41-42-43-44-45-47-49-51-53-55-57-59-61-63-65-67-69-71-77(81)78-75(74-85-86(82,83)84-73-72-79(3,4)5)76(80)70-68-66-64-62-60-58-56-54-52-50-48-46-31-29-27-25-23-21-19-17-15-13-11-9-7-2/h8,10,14,16,20,22,26,28,32-33,75-76,80H,6-7,9,11-13,15,17-19,21,23-25,27,29-31,34-74H2,1-5H3,(H-,78,81,82,83)/p+1/b10-8-,16-14-,22-20-,28-26-,33-32-. The van der Waals surface area contributed by atoms with E-state index < -0.39 is 20.0 Å². The molecule has 3 atom stereocenters. The van der Waals surface area contributed by atoms with Crippen molar-refractivity contribution in [3.8, 4) is 0 Å². The van der Waals surface area contributed by atoms with Gasteiger partial charge in [0.2, 0.25) is 5.91 Å². The first-order chi connectivity index (χ1) is 42.0. The van der Waals surface area contributed by atoms with Crippen LogP contribution in [0.3, 0.4) is 0 Å². The average molecular weight is 1230 g/mol. The molecule has 3 unspecified atom stereocenters. The van der Waals surface area contributed by atoms with E-state index in [2.05, 4.69) is 79.9 Å². The highest BCUT2D eigenvalue weighted by Crippen LogP contribution is 2.43. The summed E-state index contributed by atoms with van der Waals surface area (Å²) in [5.41, 5.74) is 0. The van der Waals surface area contributed by atoms with E-state index in [0.29, 0.717) is 23.9 Å². The van der Waals surface area contributed by atoms with E-state index in [1.807, 2.05) is 21.1 Å². The van der Waals surface area contributed by atoms with Crippen LogP contribution in [0.15, 0.2) is 60.8 Å². The van der Waals surface area contributed by atoms with Crippen LogP contribution in [0.4, 0.5) is 0 Å². The van der Waals surface area contributed by atoms with Crippen molar-refractivity contribution < 1.29 is 32.9 Å².